The molecule has 0 amide bonds. The second-order valence-electron chi connectivity index (χ2n) is 4.39. The van der Waals surface area contributed by atoms with Gasteiger partial charge in [0.05, 0.1) is 17.8 Å². The minimum Gasteiger partial charge on any atom is -0.481 e. The predicted molar refractivity (Wildman–Crippen MR) is 73.3 cm³/mol. The molecule has 19 heavy (non-hydrogen) atoms. The summed E-state index contributed by atoms with van der Waals surface area (Å²) in [7, 11) is 0. The van der Waals surface area contributed by atoms with Crippen molar-refractivity contribution in [2.24, 2.45) is 0 Å². The van der Waals surface area contributed by atoms with Crippen LogP contribution in [-0.4, -0.2) is 20.9 Å². The van der Waals surface area contributed by atoms with Gasteiger partial charge in [-0.1, -0.05) is 19.1 Å². The molecule has 0 aliphatic rings. The summed E-state index contributed by atoms with van der Waals surface area (Å²) in [4.78, 5) is 10.5. The highest BCUT2D eigenvalue weighted by atomic mass is 16.4. The number of carboxylic acids is 1. The first-order chi connectivity index (χ1) is 9.10. The molecule has 2 aromatic rings. The van der Waals surface area contributed by atoms with E-state index in [1.165, 1.54) is 5.56 Å². The van der Waals surface area contributed by atoms with E-state index in [1.54, 1.807) is 10.7 Å². The lowest BCUT2D eigenvalue weighted by molar-refractivity contribution is -0.136. The quantitative estimate of drug-likeness (QED) is 0.860. The Morgan fingerprint density at radius 3 is 2.63 bits per heavy atom. The number of hydrogen-bond donors (Lipinski definition) is 2. The minimum absolute atomic E-state index is 0.0607. The van der Waals surface area contributed by atoms with Crippen LogP contribution in [-0.2, 0) is 17.6 Å². The first-order valence-electron chi connectivity index (χ1n) is 6.25. The van der Waals surface area contributed by atoms with E-state index in [4.69, 9.17) is 10.8 Å². The van der Waals surface area contributed by atoms with Crippen LogP contribution in [0.4, 0.5) is 5.82 Å². The minimum atomic E-state index is -0.833. The molecule has 1 aromatic carbocycles. The van der Waals surface area contributed by atoms with Crippen molar-refractivity contribution in [3.63, 3.8) is 0 Å². The standard InChI is InChI=1S/C14H17N3O2/c1-2-10-3-6-12(7-4-10)17-13(15)9-11(16-17)5-8-14(18)19/h3-4,6-7,9H,2,5,8,15H2,1H3,(H,18,19). The van der Waals surface area contributed by atoms with Gasteiger partial charge in [-0.15, -0.1) is 0 Å². The van der Waals surface area contributed by atoms with Crippen molar-refractivity contribution in [3.8, 4) is 5.69 Å². The van der Waals surface area contributed by atoms with Crippen molar-refractivity contribution in [2.45, 2.75) is 26.2 Å². The van der Waals surface area contributed by atoms with Crippen LogP contribution in [0.3, 0.4) is 0 Å². The Morgan fingerprint density at radius 2 is 2.05 bits per heavy atom. The van der Waals surface area contributed by atoms with Crippen LogP contribution in [0, 0.1) is 0 Å². The van der Waals surface area contributed by atoms with Gasteiger partial charge in [0.1, 0.15) is 5.82 Å². The number of hydrogen-bond acceptors (Lipinski definition) is 3. The van der Waals surface area contributed by atoms with E-state index >= 15 is 0 Å². The number of carboxylic acid groups (broad SMARTS) is 1. The van der Waals surface area contributed by atoms with Crippen LogP contribution < -0.4 is 5.73 Å². The fourth-order valence-corrected chi connectivity index (χ4v) is 1.88. The van der Waals surface area contributed by atoms with Gasteiger partial charge in [0.15, 0.2) is 0 Å². The first-order valence-corrected chi connectivity index (χ1v) is 6.25. The molecule has 0 aliphatic heterocycles. The lowest BCUT2D eigenvalue weighted by atomic mass is 10.1. The monoisotopic (exact) mass is 259 g/mol. The zero-order valence-electron chi connectivity index (χ0n) is 10.8. The van der Waals surface area contributed by atoms with E-state index in [0.29, 0.717) is 17.9 Å². The summed E-state index contributed by atoms with van der Waals surface area (Å²) in [6.45, 7) is 2.10. The van der Waals surface area contributed by atoms with Gasteiger partial charge < -0.3 is 10.8 Å². The molecule has 0 saturated heterocycles. The average Bonchev–Trinajstić information content (AvgIpc) is 2.78. The molecule has 0 aliphatic carbocycles. The molecule has 2 rings (SSSR count). The number of rotatable bonds is 5. The molecule has 5 heteroatoms. The number of nitrogen functional groups attached to an aromatic ring is 1. The Kier molecular flexibility index (Phi) is 3.85. The Labute approximate surface area is 111 Å². The Bertz CT molecular complexity index is 573. The third kappa shape index (κ3) is 3.13. The van der Waals surface area contributed by atoms with Crippen LogP contribution >= 0.6 is 0 Å². The molecule has 1 heterocycles. The molecular weight excluding hydrogens is 242 g/mol. The third-order valence-electron chi connectivity index (χ3n) is 2.97. The molecule has 0 fully saturated rings. The van der Waals surface area contributed by atoms with Gasteiger partial charge in [-0.25, -0.2) is 4.68 Å². The number of nitrogens with two attached hydrogens (primary N) is 1. The normalized spacial score (nSPS) is 10.6. The van der Waals surface area contributed by atoms with Crippen molar-refractivity contribution < 1.29 is 9.90 Å². The van der Waals surface area contributed by atoms with E-state index < -0.39 is 5.97 Å². The number of aromatic nitrogens is 2. The van der Waals surface area contributed by atoms with Crippen LogP contribution in [0.5, 0.6) is 0 Å². The number of carbonyl (C=O) groups is 1. The zero-order chi connectivity index (χ0) is 13.8. The highest BCUT2D eigenvalue weighted by Crippen LogP contribution is 2.16. The maximum Gasteiger partial charge on any atom is 0.303 e. The van der Waals surface area contributed by atoms with Crippen molar-refractivity contribution in [3.05, 3.63) is 41.6 Å². The molecule has 0 bridgehead atoms. The second-order valence-corrected chi connectivity index (χ2v) is 4.39. The summed E-state index contributed by atoms with van der Waals surface area (Å²) in [6, 6.07) is 9.71. The lowest BCUT2D eigenvalue weighted by Crippen LogP contribution is -2.02. The van der Waals surface area contributed by atoms with E-state index in [-0.39, 0.29) is 6.42 Å². The van der Waals surface area contributed by atoms with Gasteiger partial charge in [-0.3, -0.25) is 4.79 Å². The molecule has 0 saturated carbocycles. The van der Waals surface area contributed by atoms with Gasteiger partial charge in [-0.05, 0) is 24.1 Å². The topological polar surface area (TPSA) is 81.1 Å². The zero-order valence-corrected chi connectivity index (χ0v) is 10.8. The van der Waals surface area contributed by atoms with Crippen molar-refractivity contribution in [2.75, 3.05) is 5.73 Å². The second kappa shape index (κ2) is 5.56. The van der Waals surface area contributed by atoms with Crippen LogP contribution in [0.2, 0.25) is 0 Å². The van der Waals surface area contributed by atoms with Crippen LogP contribution in [0.15, 0.2) is 30.3 Å². The summed E-state index contributed by atoms with van der Waals surface area (Å²) in [6.07, 6.45) is 1.43. The van der Waals surface area contributed by atoms with Gasteiger partial charge >= 0.3 is 5.97 Å². The van der Waals surface area contributed by atoms with Crippen molar-refractivity contribution in [1.82, 2.24) is 9.78 Å². The maximum atomic E-state index is 10.5. The van der Waals surface area contributed by atoms with Gasteiger partial charge in [-0.2, -0.15) is 5.10 Å². The number of nitrogens with zero attached hydrogens (tertiary/aromatic N) is 2. The van der Waals surface area contributed by atoms with E-state index in [9.17, 15) is 4.79 Å². The smallest absolute Gasteiger partial charge is 0.303 e. The number of benzene rings is 1. The summed E-state index contributed by atoms with van der Waals surface area (Å²) in [5.74, 6) is -0.315. The van der Waals surface area contributed by atoms with Gasteiger partial charge in [0.25, 0.3) is 0 Å². The largest absolute Gasteiger partial charge is 0.481 e. The Morgan fingerprint density at radius 1 is 1.37 bits per heavy atom. The highest BCUT2D eigenvalue weighted by Gasteiger charge is 2.08. The Hall–Kier alpha value is -2.30. The van der Waals surface area contributed by atoms with Crippen molar-refractivity contribution in [1.29, 1.82) is 0 Å². The number of aryl methyl sites for hydroxylation is 2. The van der Waals surface area contributed by atoms with Crippen LogP contribution in [0.1, 0.15) is 24.6 Å². The Balaban J connectivity index is 2.21. The molecule has 0 radical (unpaired) electrons. The van der Waals surface area contributed by atoms with E-state index in [0.717, 1.165) is 12.1 Å². The molecule has 0 atom stereocenters. The fourth-order valence-electron chi connectivity index (χ4n) is 1.88. The number of anilines is 1. The third-order valence-corrected chi connectivity index (χ3v) is 2.97. The number of aliphatic carboxylic acids is 1. The summed E-state index contributed by atoms with van der Waals surface area (Å²) in [5, 5.41) is 13.0. The summed E-state index contributed by atoms with van der Waals surface area (Å²) < 4.78 is 1.64. The van der Waals surface area contributed by atoms with Crippen LogP contribution in [0.25, 0.3) is 5.69 Å². The molecular formula is C14H17N3O2. The SMILES string of the molecule is CCc1ccc(-n2nc(CCC(=O)O)cc2N)cc1. The molecule has 5 nitrogen and oxygen atoms in total. The fraction of sp³-hybridized carbons (Fsp3) is 0.286. The first kappa shape index (κ1) is 13.1. The molecule has 0 unspecified atom stereocenters. The summed E-state index contributed by atoms with van der Waals surface area (Å²) in [5.41, 5.74) is 8.73. The summed E-state index contributed by atoms with van der Waals surface area (Å²) >= 11 is 0. The molecule has 100 valence electrons. The molecule has 1 aromatic heterocycles. The lowest BCUT2D eigenvalue weighted by Gasteiger charge is -2.04. The highest BCUT2D eigenvalue weighted by molar-refractivity contribution is 5.67. The maximum absolute atomic E-state index is 10.5. The average molecular weight is 259 g/mol. The van der Waals surface area contributed by atoms with Gasteiger partial charge in [0, 0.05) is 12.5 Å². The molecule has 0 spiro atoms. The van der Waals surface area contributed by atoms with Gasteiger partial charge in [0.2, 0.25) is 0 Å². The van der Waals surface area contributed by atoms with E-state index in [2.05, 4.69) is 12.0 Å². The van der Waals surface area contributed by atoms with Crippen molar-refractivity contribution >= 4 is 11.8 Å². The molecule has 3 N–H and O–H groups in total. The van der Waals surface area contributed by atoms with E-state index in [1.807, 2.05) is 24.3 Å². The predicted octanol–water partition coefficient (Wildman–Crippen LogP) is 2.03.